The Kier molecular flexibility index (Phi) is 7.80. The Balaban J connectivity index is 1.59. The van der Waals surface area contributed by atoms with Gasteiger partial charge < -0.3 is 10.1 Å². The van der Waals surface area contributed by atoms with E-state index in [4.69, 9.17) is 10.00 Å². The number of nitriles is 2. The van der Waals surface area contributed by atoms with Crippen LogP contribution in [0.3, 0.4) is 0 Å². The molecule has 0 heterocycles. The van der Waals surface area contributed by atoms with Crippen molar-refractivity contribution in [3.05, 3.63) is 102 Å². The zero-order valence-corrected chi connectivity index (χ0v) is 17.1. The zero-order valence-electron chi connectivity index (χ0n) is 17.1. The number of nitrogens with zero attached hydrogens (tertiary/aromatic N) is 2. The number of amides is 1. The van der Waals surface area contributed by atoms with Crippen LogP contribution in [0.15, 0.2) is 84.9 Å². The van der Waals surface area contributed by atoms with Gasteiger partial charge in [-0.15, -0.1) is 0 Å². The fourth-order valence-corrected chi connectivity index (χ4v) is 3.27. The minimum atomic E-state index is -0.769. The molecule has 0 saturated carbocycles. The number of carbonyl (C=O) groups excluding carboxylic acids is 1. The molecular weight excluding hydrogens is 386 g/mol. The molecule has 5 nitrogen and oxygen atoms in total. The van der Waals surface area contributed by atoms with Crippen LogP contribution in [0.25, 0.3) is 0 Å². The molecule has 3 aromatic rings. The standard InChI is InChI=1S/C26H23N3O2/c27-16-15-23(21-9-5-2-6-10-21)17-26(30)29-25(18-28)22-11-13-24(14-12-22)31-19-20-7-3-1-4-8-20/h1-14,23,25H,15,17,19H2,(H,29,30)/t23-,25-/m1/s1. The molecule has 0 spiro atoms. The van der Waals surface area contributed by atoms with Crippen LogP contribution in [-0.2, 0) is 11.4 Å². The summed E-state index contributed by atoms with van der Waals surface area (Å²) in [5.41, 5.74) is 2.69. The molecule has 31 heavy (non-hydrogen) atoms. The van der Waals surface area contributed by atoms with Crippen LogP contribution in [-0.4, -0.2) is 5.91 Å². The van der Waals surface area contributed by atoms with Crippen molar-refractivity contribution in [2.45, 2.75) is 31.4 Å². The van der Waals surface area contributed by atoms with Crippen molar-refractivity contribution in [3.8, 4) is 17.9 Å². The highest BCUT2D eigenvalue weighted by atomic mass is 16.5. The van der Waals surface area contributed by atoms with Crippen molar-refractivity contribution in [1.29, 1.82) is 10.5 Å². The lowest BCUT2D eigenvalue weighted by atomic mass is 9.92. The number of carbonyl (C=O) groups is 1. The lowest BCUT2D eigenvalue weighted by Crippen LogP contribution is -2.28. The number of nitrogens with one attached hydrogen (secondary N) is 1. The number of hydrogen-bond acceptors (Lipinski definition) is 4. The highest BCUT2D eigenvalue weighted by molar-refractivity contribution is 5.78. The molecule has 0 bridgehead atoms. The van der Waals surface area contributed by atoms with E-state index in [1.807, 2.05) is 60.7 Å². The van der Waals surface area contributed by atoms with Crippen molar-refractivity contribution < 1.29 is 9.53 Å². The molecule has 0 fully saturated rings. The molecule has 3 rings (SSSR count). The Hall–Kier alpha value is -4.09. The first-order valence-corrected chi connectivity index (χ1v) is 10.1. The Labute approximate surface area is 182 Å². The minimum absolute atomic E-state index is 0.147. The summed E-state index contributed by atoms with van der Waals surface area (Å²) in [7, 11) is 0. The zero-order chi connectivity index (χ0) is 21.9. The van der Waals surface area contributed by atoms with Gasteiger partial charge in [0.2, 0.25) is 5.91 Å². The minimum Gasteiger partial charge on any atom is -0.489 e. The third-order valence-electron chi connectivity index (χ3n) is 4.94. The van der Waals surface area contributed by atoms with Crippen LogP contribution >= 0.6 is 0 Å². The van der Waals surface area contributed by atoms with Gasteiger partial charge in [-0.3, -0.25) is 4.79 Å². The summed E-state index contributed by atoms with van der Waals surface area (Å²) >= 11 is 0. The quantitative estimate of drug-likeness (QED) is 0.537. The van der Waals surface area contributed by atoms with Gasteiger partial charge in [-0.1, -0.05) is 72.8 Å². The first-order valence-electron chi connectivity index (χ1n) is 10.1. The molecule has 0 aliphatic carbocycles. The van der Waals surface area contributed by atoms with Gasteiger partial charge in [-0.05, 0) is 28.8 Å². The molecule has 1 amide bonds. The average molecular weight is 409 g/mol. The topological polar surface area (TPSA) is 85.9 Å². The molecule has 1 N–H and O–H groups in total. The molecule has 3 aromatic carbocycles. The monoisotopic (exact) mass is 409 g/mol. The van der Waals surface area contributed by atoms with E-state index in [0.717, 1.165) is 11.1 Å². The van der Waals surface area contributed by atoms with Gasteiger partial charge in [0.1, 0.15) is 18.4 Å². The number of ether oxygens (including phenoxy) is 1. The van der Waals surface area contributed by atoms with Gasteiger partial charge in [0.05, 0.1) is 12.1 Å². The van der Waals surface area contributed by atoms with E-state index in [-0.39, 0.29) is 24.7 Å². The van der Waals surface area contributed by atoms with E-state index in [1.165, 1.54) is 0 Å². The summed E-state index contributed by atoms with van der Waals surface area (Å²) in [4.78, 5) is 12.6. The maximum atomic E-state index is 12.6. The normalized spacial score (nSPS) is 12.1. The van der Waals surface area contributed by atoms with Crippen LogP contribution in [0.4, 0.5) is 0 Å². The van der Waals surface area contributed by atoms with Crippen LogP contribution in [0.2, 0.25) is 0 Å². The van der Waals surface area contributed by atoms with Crippen molar-refractivity contribution in [1.82, 2.24) is 5.32 Å². The fourth-order valence-electron chi connectivity index (χ4n) is 3.27. The van der Waals surface area contributed by atoms with Gasteiger partial charge in [-0.2, -0.15) is 10.5 Å². The van der Waals surface area contributed by atoms with E-state index >= 15 is 0 Å². The Morgan fingerprint density at radius 3 is 2.13 bits per heavy atom. The third-order valence-corrected chi connectivity index (χ3v) is 4.94. The van der Waals surface area contributed by atoms with E-state index < -0.39 is 6.04 Å². The first kappa shape index (κ1) is 21.6. The van der Waals surface area contributed by atoms with Gasteiger partial charge in [0.25, 0.3) is 0 Å². The van der Waals surface area contributed by atoms with Crippen molar-refractivity contribution in [3.63, 3.8) is 0 Å². The second-order valence-corrected chi connectivity index (χ2v) is 7.15. The van der Waals surface area contributed by atoms with E-state index in [2.05, 4.69) is 17.5 Å². The first-order chi connectivity index (χ1) is 15.2. The summed E-state index contributed by atoms with van der Waals surface area (Å²) in [6.45, 7) is 0.457. The molecule has 0 aromatic heterocycles. The van der Waals surface area contributed by atoms with Crippen LogP contribution in [0.5, 0.6) is 5.75 Å². The summed E-state index contributed by atoms with van der Waals surface area (Å²) in [6, 6.07) is 30.0. The highest BCUT2D eigenvalue weighted by Gasteiger charge is 2.19. The smallest absolute Gasteiger partial charge is 0.221 e. The maximum absolute atomic E-state index is 12.6. The fraction of sp³-hybridized carbons (Fsp3) is 0.192. The van der Waals surface area contributed by atoms with E-state index in [1.54, 1.807) is 24.3 Å². The van der Waals surface area contributed by atoms with Gasteiger partial charge in [-0.25, -0.2) is 0 Å². The molecule has 0 aliphatic heterocycles. The molecule has 0 unspecified atom stereocenters. The van der Waals surface area contributed by atoms with Crippen molar-refractivity contribution in [2.75, 3.05) is 0 Å². The molecule has 154 valence electrons. The molecule has 2 atom stereocenters. The number of benzene rings is 3. The molecule has 5 heteroatoms. The molecule has 0 radical (unpaired) electrons. The molecule has 0 saturated heterocycles. The second kappa shape index (κ2) is 11.2. The average Bonchev–Trinajstić information content (AvgIpc) is 2.82. The predicted molar refractivity (Wildman–Crippen MR) is 118 cm³/mol. The summed E-state index contributed by atoms with van der Waals surface area (Å²) in [5.74, 6) is 0.216. The number of hydrogen-bond donors (Lipinski definition) is 1. The van der Waals surface area contributed by atoms with Crippen LogP contribution in [0.1, 0.15) is 41.5 Å². The number of rotatable bonds is 9. The SMILES string of the molecule is N#CC[C@H](CC(=O)N[C@H](C#N)c1ccc(OCc2ccccc2)cc1)c1ccccc1. The van der Waals surface area contributed by atoms with Gasteiger partial charge >= 0.3 is 0 Å². The van der Waals surface area contributed by atoms with Gasteiger partial charge in [0, 0.05) is 18.8 Å². The lowest BCUT2D eigenvalue weighted by molar-refractivity contribution is -0.121. The third kappa shape index (κ3) is 6.45. The Morgan fingerprint density at radius 2 is 1.52 bits per heavy atom. The maximum Gasteiger partial charge on any atom is 0.221 e. The van der Waals surface area contributed by atoms with E-state index in [0.29, 0.717) is 17.9 Å². The lowest BCUT2D eigenvalue weighted by Gasteiger charge is -2.17. The molecule has 0 aliphatic rings. The Bertz CT molecular complexity index is 1050. The van der Waals surface area contributed by atoms with Crippen LogP contribution < -0.4 is 10.1 Å². The summed E-state index contributed by atoms with van der Waals surface area (Å²) in [5, 5.41) is 21.4. The van der Waals surface area contributed by atoms with Crippen molar-refractivity contribution in [2.24, 2.45) is 0 Å². The summed E-state index contributed by atoms with van der Waals surface area (Å²) in [6.07, 6.45) is 0.385. The van der Waals surface area contributed by atoms with E-state index in [9.17, 15) is 10.1 Å². The highest BCUT2D eigenvalue weighted by Crippen LogP contribution is 2.24. The second-order valence-electron chi connectivity index (χ2n) is 7.15. The van der Waals surface area contributed by atoms with Crippen molar-refractivity contribution >= 4 is 5.91 Å². The molecular formula is C26H23N3O2. The predicted octanol–water partition coefficient (Wildman–Crippen LogP) is 5.03. The summed E-state index contributed by atoms with van der Waals surface area (Å²) < 4.78 is 5.77. The Morgan fingerprint density at radius 1 is 0.871 bits per heavy atom. The van der Waals surface area contributed by atoms with Gasteiger partial charge in [0.15, 0.2) is 0 Å². The van der Waals surface area contributed by atoms with Crippen LogP contribution in [0, 0.1) is 22.7 Å². The largest absolute Gasteiger partial charge is 0.489 e.